The lowest BCUT2D eigenvalue weighted by molar-refractivity contribution is -0.116. The lowest BCUT2D eigenvalue weighted by Gasteiger charge is -2.34. The van der Waals surface area contributed by atoms with E-state index in [1.807, 2.05) is 57.2 Å². The minimum atomic E-state index is -0.645. The molecule has 2 unspecified atom stereocenters. The Labute approximate surface area is 190 Å². The summed E-state index contributed by atoms with van der Waals surface area (Å²) >= 11 is 0. The fourth-order valence-corrected chi connectivity index (χ4v) is 4.26. The molecular formula is C28H32O4. The van der Waals surface area contributed by atoms with Crippen LogP contribution in [0.25, 0.3) is 0 Å². The first kappa shape index (κ1) is 23.6. The molecular weight excluding hydrogens is 400 g/mol. The number of aryl methyl sites for hydroxylation is 1. The van der Waals surface area contributed by atoms with Gasteiger partial charge in [-0.3, -0.25) is 4.79 Å². The molecule has 1 aliphatic rings. The van der Waals surface area contributed by atoms with Crippen molar-refractivity contribution in [1.29, 1.82) is 0 Å². The van der Waals surface area contributed by atoms with Crippen LogP contribution >= 0.6 is 0 Å². The summed E-state index contributed by atoms with van der Waals surface area (Å²) in [6.45, 7) is 9.49. The zero-order valence-electron chi connectivity index (χ0n) is 19.7. The Morgan fingerprint density at radius 2 is 1.78 bits per heavy atom. The second-order valence-electron chi connectivity index (χ2n) is 8.92. The Hall–Kier alpha value is -3.11. The van der Waals surface area contributed by atoms with Gasteiger partial charge >= 0.3 is 0 Å². The van der Waals surface area contributed by atoms with Crippen molar-refractivity contribution < 1.29 is 19.7 Å². The number of ketones is 1. The highest BCUT2D eigenvalue weighted by atomic mass is 16.5. The van der Waals surface area contributed by atoms with Crippen LogP contribution in [0.2, 0.25) is 0 Å². The predicted molar refractivity (Wildman–Crippen MR) is 128 cm³/mol. The van der Waals surface area contributed by atoms with Crippen LogP contribution in [-0.2, 0) is 16.6 Å². The number of benzene rings is 2. The molecule has 0 aromatic heterocycles. The van der Waals surface area contributed by atoms with Crippen molar-refractivity contribution in [3.63, 3.8) is 0 Å². The Morgan fingerprint density at radius 3 is 2.41 bits per heavy atom. The number of phenolic OH excluding ortho intramolecular Hbond substituents is 1. The minimum Gasteiger partial charge on any atom is -0.508 e. The standard InChI is InChI=1S/C28H32O4/c1-17-9-23(12-19(3)27(31)10-17)28(5,22-7-8-26(30)18(2)11-22)24-14-21(13-20(4)29)15-25(16-24)32-6/h7-12,14-16,27,30-31H,13H2,1-6H3. The molecule has 0 bridgehead atoms. The average Bonchev–Trinajstić information content (AvgIpc) is 2.86. The minimum absolute atomic E-state index is 0.0812. The van der Waals surface area contributed by atoms with E-state index in [9.17, 15) is 15.0 Å². The quantitative estimate of drug-likeness (QED) is 0.647. The van der Waals surface area contributed by atoms with E-state index >= 15 is 0 Å². The van der Waals surface area contributed by atoms with Crippen LogP contribution in [0, 0.1) is 6.92 Å². The molecule has 0 saturated heterocycles. The number of Topliss-reactive ketones (excluding diaryl/α,β-unsaturated/α-hetero) is 1. The summed E-state index contributed by atoms with van der Waals surface area (Å²) in [7, 11) is 1.62. The first-order valence-electron chi connectivity index (χ1n) is 10.8. The second kappa shape index (κ2) is 9.17. The van der Waals surface area contributed by atoms with Gasteiger partial charge in [0.1, 0.15) is 17.3 Å². The number of aromatic hydroxyl groups is 1. The Kier molecular flexibility index (Phi) is 6.75. The molecule has 0 aliphatic heterocycles. The van der Waals surface area contributed by atoms with Gasteiger partial charge < -0.3 is 14.9 Å². The smallest absolute Gasteiger partial charge is 0.134 e. The molecule has 168 valence electrons. The van der Waals surface area contributed by atoms with E-state index in [0.717, 1.165) is 39.0 Å². The van der Waals surface area contributed by atoms with Crippen molar-refractivity contribution >= 4 is 5.78 Å². The molecule has 0 heterocycles. The topological polar surface area (TPSA) is 66.8 Å². The van der Waals surface area contributed by atoms with Crippen LogP contribution in [0.4, 0.5) is 0 Å². The number of carbonyl (C=O) groups is 1. The third-order valence-corrected chi connectivity index (χ3v) is 6.24. The molecule has 0 fully saturated rings. The largest absolute Gasteiger partial charge is 0.508 e. The monoisotopic (exact) mass is 432 g/mol. The molecule has 0 spiro atoms. The van der Waals surface area contributed by atoms with Gasteiger partial charge in [-0.05, 0) is 92.3 Å². The SMILES string of the molecule is COc1cc(CC(C)=O)cc(C(C)(C2=CC(C)=CC(O)C(C)=C2)c2ccc(O)c(C)c2)c1. The Morgan fingerprint density at radius 1 is 1.06 bits per heavy atom. The van der Waals surface area contributed by atoms with E-state index in [1.54, 1.807) is 20.1 Å². The van der Waals surface area contributed by atoms with E-state index in [2.05, 4.69) is 19.1 Å². The van der Waals surface area contributed by atoms with Crippen LogP contribution in [0.5, 0.6) is 11.5 Å². The van der Waals surface area contributed by atoms with Gasteiger partial charge in [0.2, 0.25) is 0 Å². The summed E-state index contributed by atoms with van der Waals surface area (Å²) in [5, 5.41) is 20.6. The number of hydrogen-bond donors (Lipinski definition) is 2. The number of carbonyl (C=O) groups excluding carboxylic acids is 1. The van der Waals surface area contributed by atoms with Gasteiger partial charge in [0.25, 0.3) is 0 Å². The molecule has 4 heteroatoms. The highest BCUT2D eigenvalue weighted by Gasteiger charge is 2.34. The van der Waals surface area contributed by atoms with Crippen LogP contribution in [0.15, 0.2) is 71.3 Å². The zero-order chi connectivity index (χ0) is 23.6. The maximum atomic E-state index is 11.9. The van der Waals surface area contributed by atoms with Gasteiger partial charge in [0.05, 0.1) is 13.2 Å². The summed E-state index contributed by atoms with van der Waals surface area (Å²) in [4.78, 5) is 11.9. The molecule has 0 saturated carbocycles. The summed E-state index contributed by atoms with van der Waals surface area (Å²) in [5.41, 5.74) is 5.83. The van der Waals surface area contributed by atoms with Crippen LogP contribution in [0.1, 0.15) is 49.9 Å². The Balaban J connectivity index is 2.35. The van der Waals surface area contributed by atoms with Gasteiger partial charge in [0, 0.05) is 11.8 Å². The van der Waals surface area contributed by atoms with E-state index in [-0.39, 0.29) is 11.5 Å². The van der Waals surface area contributed by atoms with Gasteiger partial charge in [-0.15, -0.1) is 0 Å². The lowest BCUT2D eigenvalue weighted by Crippen LogP contribution is -2.27. The van der Waals surface area contributed by atoms with Gasteiger partial charge in [-0.1, -0.05) is 35.9 Å². The fourth-order valence-electron chi connectivity index (χ4n) is 4.26. The molecule has 2 aromatic rings. The van der Waals surface area contributed by atoms with Crippen LogP contribution < -0.4 is 4.74 Å². The first-order chi connectivity index (χ1) is 15.0. The van der Waals surface area contributed by atoms with E-state index in [1.165, 1.54) is 0 Å². The van der Waals surface area contributed by atoms with Gasteiger partial charge in [-0.2, -0.15) is 0 Å². The van der Waals surface area contributed by atoms with E-state index in [4.69, 9.17) is 4.74 Å². The summed E-state index contributed by atoms with van der Waals surface area (Å²) < 4.78 is 5.58. The van der Waals surface area contributed by atoms with E-state index in [0.29, 0.717) is 12.2 Å². The van der Waals surface area contributed by atoms with Gasteiger partial charge in [-0.25, -0.2) is 0 Å². The third-order valence-electron chi connectivity index (χ3n) is 6.24. The number of rotatable bonds is 6. The number of allylic oxidation sites excluding steroid dienone is 4. The maximum absolute atomic E-state index is 11.9. The van der Waals surface area contributed by atoms with Crippen molar-refractivity contribution in [1.82, 2.24) is 0 Å². The number of aliphatic hydroxyl groups excluding tert-OH is 1. The number of phenols is 1. The Bertz CT molecular complexity index is 1140. The molecule has 4 nitrogen and oxygen atoms in total. The number of methoxy groups -OCH3 is 1. The van der Waals surface area contributed by atoms with Crippen molar-refractivity contribution in [2.24, 2.45) is 0 Å². The van der Waals surface area contributed by atoms with Crippen LogP contribution in [0.3, 0.4) is 0 Å². The predicted octanol–water partition coefficient (Wildman–Crippen LogP) is 5.34. The first-order valence-corrected chi connectivity index (χ1v) is 10.8. The molecule has 2 aromatic carbocycles. The maximum Gasteiger partial charge on any atom is 0.134 e. The van der Waals surface area contributed by atoms with Crippen LogP contribution in [-0.4, -0.2) is 29.2 Å². The third kappa shape index (κ3) is 4.71. The van der Waals surface area contributed by atoms with Crippen molar-refractivity contribution in [2.45, 2.75) is 52.6 Å². The fraction of sp³-hybridized carbons (Fsp3) is 0.321. The molecule has 0 radical (unpaired) electrons. The molecule has 3 rings (SSSR count). The molecule has 2 N–H and O–H groups in total. The summed E-state index contributed by atoms with van der Waals surface area (Å²) in [6, 6.07) is 11.6. The van der Waals surface area contributed by atoms with E-state index < -0.39 is 11.5 Å². The molecule has 2 atom stereocenters. The highest BCUT2D eigenvalue weighted by Crippen LogP contribution is 2.44. The average molecular weight is 433 g/mol. The number of hydrogen-bond acceptors (Lipinski definition) is 4. The molecule has 32 heavy (non-hydrogen) atoms. The zero-order valence-corrected chi connectivity index (χ0v) is 19.7. The second-order valence-corrected chi connectivity index (χ2v) is 8.92. The summed E-state index contributed by atoms with van der Waals surface area (Å²) in [5.74, 6) is 1.01. The number of ether oxygens (including phenoxy) is 1. The van der Waals surface area contributed by atoms with Crippen molar-refractivity contribution in [2.75, 3.05) is 7.11 Å². The highest BCUT2D eigenvalue weighted by molar-refractivity contribution is 5.78. The summed E-state index contributed by atoms with van der Waals surface area (Å²) in [6.07, 6.45) is 5.64. The normalized spacial score (nSPS) is 18.1. The molecule has 0 amide bonds. The molecule has 1 aliphatic carbocycles. The number of aliphatic hydroxyl groups is 1. The van der Waals surface area contributed by atoms with Gasteiger partial charge in [0.15, 0.2) is 0 Å². The lowest BCUT2D eigenvalue weighted by atomic mass is 9.69. The van der Waals surface area contributed by atoms with Crippen molar-refractivity contribution in [3.8, 4) is 11.5 Å². The van der Waals surface area contributed by atoms with Crippen molar-refractivity contribution in [3.05, 3.63) is 93.6 Å².